The first-order chi connectivity index (χ1) is 11.2. The van der Waals surface area contributed by atoms with Gasteiger partial charge in [-0.25, -0.2) is 0 Å². The third-order valence-electron chi connectivity index (χ3n) is 3.72. The molecule has 0 atom stereocenters. The molecule has 0 aliphatic heterocycles. The van der Waals surface area contributed by atoms with Gasteiger partial charge >= 0.3 is 0 Å². The Morgan fingerprint density at radius 1 is 0.870 bits per heavy atom. The monoisotopic (exact) mass is 300 g/mol. The summed E-state index contributed by atoms with van der Waals surface area (Å²) in [7, 11) is 0. The molecular weight excluding hydrogens is 284 g/mol. The van der Waals surface area contributed by atoms with Crippen molar-refractivity contribution in [2.24, 2.45) is 0 Å². The molecular formula is C21H16O2. The maximum absolute atomic E-state index is 12.4. The van der Waals surface area contributed by atoms with Gasteiger partial charge in [0.2, 0.25) is 5.78 Å². The molecule has 112 valence electrons. The highest BCUT2D eigenvalue weighted by molar-refractivity contribution is 6.11. The summed E-state index contributed by atoms with van der Waals surface area (Å²) >= 11 is 0. The fourth-order valence-electron chi connectivity index (χ4n) is 2.43. The molecule has 0 radical (unpaired) electrons. The minimum atomic E-state index is -0.386. The first kappa shape index (κ1) is 14.8. The lowest BCUT2D eigenvalue weighted by atomic mass is 10.0. The number of hydrogen-bond acceptors (Lipinski definition) is 2. The number of ketones is 1. The van der Waals surface area contributed by atoms with E-state index in [1.54, 1.807) is 18.2 Å². The average molecular weight is 300 g/mol. The number of carbonyl (C=O) groups excluding carboxylic acids is 1. The Labute approximate surface area is 135 Å². The smallest absolute Gasteiger partial charge is 0.227 e. The SMILES string of the molecule is C=Cc1ccc(C=C(O)C(=O)c2ccc3ccccc3c2)cc1. The maximum Gasteiger partial charge on any atom is 0.227 e. The Morgan fingerprint density at radius 3 is 2.22 bits per heavy atom. The van der Waals surface area contributed by atoms with Crippen molar-refractivity contribution in [3.05, 3.63) is 95.8 Å². The predicted molar refractivity (Wildman–Crippen MR) is 95.4 cm³/mol. The maximum atomic E-state index is 12.4. The molecule has 0 aliphatic rings. The minimum Gasteiger partial charge on any atom is -0.504 e. The zero-order valence-electron chi connectivity index (χ0n) is 12.6. The second-order valence-corrected chi connectivity index (χ2v) is 5.29. The second-order valence-electron chi connectivity index (χ2n) is 5.29. The number of rotatable bonds is 4. The molecule has 3 aromatic rings. The summed E-state index contributed by atoms with van der Waals surface area (Å²) in [4.78, 5) is 12.4. The molecule has 1 N–H and O–H groups in total. The van der Waals surface area contributed by atoms with Crippen molar-refractivity contribution < 1.29 is 9.90 Å². The van der Waals surface area contributed by atoms with E-state index in [9.17, 15) is 9.90 Å². The molecule has 0 spiro atoms. The molecule has 2 heteroatoms. The van der Waals surface area contributed by atoms with Crippen molar-refractivity contribution in [3.63, 3.8) is 0 Å². The fraction of sp³-hybridized carbons (Fsp3) is 0. The summed E-state index contributed by atoms with van der Waals surface area (Å²) in [5.74, 6) is -0.657. The molecule has 0 unspecified atom stereocenters. The van der Waals surface area contributed by atoms with Crippen LogP contribution >= 0.6 is 0 Å². The number of fused-ring (bicyclic) bond motifs is 1. The molecule has 2 nitrogen and oxygen atoms in total. The third-order valence-corrected chi connectivity index (χ3v) is 3.72. The number of aliphatic hydroxyl groups excluding tert-OH is 1. The molecule has 0 aromatic heterocycles. The van der Waals surface area contributed by atoms with E-state index in [2.05, 4.69) is 6.58 Å². The number of hydrogen-bond donors (Lipinski definition) is 1. The second kappa shape index (κ2) is 6.32. The number of Topliss-reactive ketones (excluding diaryl/α,β-unsaturated/α-hetero) is 1. The molecule has 0 heterocycles. The Morgan fingerprint density at radius 2 is 1.52 bits per heavy atom. The van der Waals surface area contributed by atoms with Crippen molar-refractivity contribution in [2.45, 2.75) is 0 Å². The number of aliphatic hydroxyl groups is 1. The van der Waals surface area contributed by atoms with Crippen LogP contribution in [0.25, 0.3) is 22.9 Å². The molecule has 23 heavy (non-hydrogen) atoms. The van der Waals surface area contributed by atoms with Gasteiger partial charge in [-0.15, -0.1) is 0 Å². The van der Waals surface area contributed by atoms with Gasteiger partial charge in [0.15, 0.2) is 5.76 Å². The molecule has 0 saturated heterocycles. The summed E-state index contributed by atoms with van der Waals surface area (Å²) in [6.45, 7) is 3.70. The quantitative estimate of drug-likeness (QED) is 0.405. The zero-order chi connectivity index (χ0) is 16.2. The van der Waals surface area contributed by atoms with Crippen LogP contribution in [0.3, 0.4) is 0 Å². The van der Waals surface area contributed by atoms with E-state index in [0.717, 1.165) is 21.9 Å². The Kier molecular flexibility index (Phi) is 4.07. The summed E-state index contributed by atoms with van der Waals surface area (Å²) < 4.78 is 0. The first-order valence-electron chi connectivity index (χ1n) is 7.34. The van der Waals surface area contributed by atoms with Crippen LogP contribution in [-0.2, 0) is 0 Å². The molecule has 0 saturated carbocycles. The van der Waals surface area contributed by atoms with Gasteiger partial charge in [-0.05, 0) is 34.0 Å². The molecule has 0 aliphatic carbocycles. The summed E-state index contributed by atoms with van der Waals surface area (Å²) in [5, 5.41) is 12.2. The van der Waals surface area contributed by atoms with Gasteiger partial charge in [0.25, 0.3) is 0 Å². The highest BCUT2D eigenvalue weighted by atomic mass is 16.3. The average Bonchev–Trinajstić information content (AvgIpc) is 2.61. The van der Waals surface area contributed by atoms with E-state index in [0.29, 0.717) is 5.56 Å². The molecule has 0 bridgehead atoms. The lowest BCUT2D eigenvalue weighted by Crippen LogP contribution is -2.02. The summed E-state index contributed by atoms with van der Waals surface area (Å²) in [5.41, 5.74) is 2.23. The van der Waals surface area contributed by atoms with Gasteiger partial charge < -0.3 is 5.11 Å². The third kappa shape index (κ3) is 3.22. The van der Waals surface area contributed by atoms with Gasteiger partial charge in [0, 0.05) is 5.56 Å². The van der Waals surface area contributed by atoms with E-state index < -0.39 is 0 Å². The van der Waals surface area contributed by atoms with Crippen LogP contribution in [0.15, 0.2) is 79.1 Å². The van der Waals surface area contributed by atoms with Crippen LogP contribution in [0, 0.1) is 0 Å². The van der Waals surface area contributed by atoms with Crippen molar-refractivity contribution in [1.82, 2.24) is 0 Å². The van der Waals surface area contributed by atoms with Crippen LogP contribution in [0.2, 0.25) is 0 Å². The highest BCUT2D eigenvalue weighted by Gasteiger charge is 2.11. The van der Waals surface area contributed by atoms with Crippen LogP contribution in [-0.4, -0.2) is 10.9 Å². The van der Waals surface area contributed by atoms with Crippen LogP contribution in [0.1, 0.15) is 21.5 Å². The van der Waals surface area contributed by atoms with Crippen LogP contribution in [0.4, 0.5) is 0 Å². The Bertz CT molecular complexity index is 903. The zero-order valence-corrected chi connectivity index (χ0v) is 12.6. The lowest BCUT2D eigenvalue weighted by molar-refractivity contribution is 0.0980. The predicted octanol–water partition coefficient (Wildman–Crippen LogP) is 5.26. The van der Waals surface area contributed by atoms with Crippen molar-refractivity contribution >= 4 is 28.7 Å². The summed E-state index contributed by atoms with van der Waals surface area (Å²) in [6.07, 6.45) is 3.22. The van der Waals surface area contributed by atoms with E-state index in [-0.39, 0.29) is 11.5 Å². The number of carbonyl (C=O) groups is 1. The number of allylic oxidation sites excluding steroid dienone is 1. The molecule has 3 rings (SSSR count). The normalized spacial score (nSPS) is 11.4. The van der Waals surface area contributed by atoms with Crippen molar-refractivity contribution in [2.75, 3.05) is 0 Å². The van der Waals surface area contributed by atoms with Gasteiger partial charge in [-0.2, -0.15) is 0 Å². The lowest BCUT2D eigenvalue weighted by Gasteiger charge is -2.03. The summed E-state index contributed by atoms with van der Waals surface area (Å²) in [6, 6.07) is 20.6. The van der Waals surface area contributed by atoms with Gasteiger partial charge in [0.05, 0.1) is 0 Å². The molecule has 0 amide bonds. The van der Waals surface area contributed by atoms with Gasteiger partial charge in [-0.3, -0.25) is 4.79 Å². The van der Waals surface area contributed by atoms with E-state index in [4.69, 9.17) is 0 Å². The molecule has 0 fully saturated rings. The fourth-order valence-corrected chi connectivity index (χ4v) is 2.43. The van der Waals surface area contributed by atoms with E-state index in [1.165, 1.54) is 6.08 Å². The molecule has 3 aromatic carbocycles. The standard InChI is InChI=1S/C21H16O2/c1-2-15-7-9-16(10-8-15)13-20(22)21(23)19-12-11-17-5-3-4-6-18(17)14-19/h2-14,22H,1H2. The number of benzene rings is 3. The van der Waals surface area contributed by atoms with Crippen LogP contribution < -0.4 is 0 Å². The topological polar surface area (TPSA) is 37.3 Å². The van der Waals surface area contributed by atoms with Gasteiger partial charge in [-0.1, -0.05) is 73.3 Å². The Balaban J connectivity index is 1.90. The van der Waals surface area contributed by atoms with E-state index in [1.807, 2.05) is 54.6 Å². The van der Waals surface area contributed by atoms with Crippen LogP contribution in [0.5, 0.6) is 0 Å². The van der Waals surface area contributed by atoms with Crippen molar-refractivity contribution in [3.8, 4) is 0 Å². The van der Waals surface area contributed by atoms with E-state index >= 15 is 0 Å². The largest absolute Gasteiger partial charge is 0.504 e. The first-order valence-corrected chi connectivity index (χ1v) is 7.34. The Hall–Kier alpha value is -3.13. The highest BCUT2D eigenvalue weighted by Crippen LogP contribution is 2.18. The van der Waals surface area contributed by atoms with Gasteiger partial charge in [0.1, 0.15) is 0 Å². The minimum absolute atomic E-state index is 0.272. The van der Waals surface area contributed by atoms with Crippen molar-refractivity contribution in [1.29, 1.82) is 0 Å².